The first-order valence-corrected chi connectivity index (χ1v) is 11.6. The van der Waals surface area contributed by atoms with Crippen LogP contribution in [-0.2, 0) is 6.54 Å². The van der Waals surface area contributed by atoms with Crippen LogP contribution in [0.5, 0.6) is 0 Å². The summed E-state index contributed by atoms with van der Waals surface area (Å²) >= 11 is 0. The number of pyridine rings is 1. The molecule has 4 aliphatic rings. The molecule has 31 heavy (non-hydrogen) atoms. The minimum absolute atomic E-state index is 0. The molecule has 1 aromatic rings. The molecular formula is C23H36Cl2N4O2. The Kier molecular flexibility index (Phi) is 8.11. The maximum atomic E-state index is 13.1. The molecule has 0 radical (unpaired) electrons. The normalized spacial score (nSPS) is 26.8. The quantitative estimate of drug-likeness (QED) is 0.709. The van der Waals surface area contributed by atoms with Gasteiger partial charge in [-0.2, -0.15) is 0 Å². The minimum Gasteiger partial charge on any atom is -0.350 e. The van der Waals surface area contributed by atoms with E-state index >= 15 is 0 Å². The number of hydrogen-bond acceptors (Lipinski definition) is 4. The number of carbonyl (C=O) groups is 1. The zero-order valence-electron chi connectivity index (χ0n) is 18.2. The van der Waals surface area contributed by atoms with Crippen molar-refractivity contribution in [3.8, 4) is 0 Å². The summed E-state index contributed by atoms with van der Waals surface area (Å²) < 4.78 is 1.88. The second-order valence-electron chi connectivity index (χ2n) is 9.71. The largest absolute Gasteiger partial charge is 0.350 e. The van der Waals surface area contributed by atoms with Crippen LogP contribution in [0.1, 0.15) is 73.3 Å². The highest BCUT2D eigenvalue weighted by Gasteiger charge is 2.40. The molecule has 1 aliphatic carbocycles. The number of amides is 1. The third-order valence-corrected chi connectivity index (χ3v) is 7.89. The number of likely N-dealkylation sites (tertiary alicyclic amines) is 1. The van der Waals surface area contributed by atoms with E-state index in [0.29, 0.717) is 23.9 Å². The predicted octanol–water partition coefficient (Wildman–Crippen LogP) is 2.93. The van der Waals surface area contributed by atoms with Crippen molar-refractivity contribution in [3.05, 3.63) is 33.7 Å². The molecule has 1 aromatic heterocycles. The summed E-state index contributed by atoms with van der Waals surface area (Å²) in [5.74, 6) is 0.703. The zero-order chi connectivity index (χ0) is 19.8. The summed E-state index contributed by atoms with van der Waals surface area (Å²) in [5.41, 5.74) is 1.41. The number of piperidine rings is 2. The van der Waals surface area contributed by atoms with Gasteiger partial charge in [0.25, 0.3) is 11.5 Å². The number of fused-ring (bicyclic) bond motifs is 4. The Balaban J connectivity index is 0.00000136. The Morgan fingerprint density at radius 1 is 1.06 bits per heavy atom. The molecule has 2 saturated heterocycles. The van der Waals surface area contributed by atoms with Gasteiger partial charge in [-0.15, -0.1) is 24.8 Å². The fourth-order valence-electron chi connectivity index (χ4n) is 6.31. The van der Waals surface area contributed by atoms with E-state index in [-0.39, 0.29) is 41.8 Å². The first-order valence-electron chi connectivity index (χ1n) is 11.6. The zero-order valence-corrected chi connectivity index (χ0v) is 19.9. The van der Waals surface area contributed by atoms with E-state index in [9.17, 15) is 9.59 Å². The Hall–Kier alpha value is -1.08. The van der Waals surface area contributed by atoms with Crippen molar-refractivity contribution in [2.24, 2.45) is 5.92 Å². The average Bonchev–Trinajstić information content (AvgIpc) is 3.24. The van der Waals surface area contributed by atoms with Gasteiger partial charge in [0.05, 0.1) is 0 Å². The molecule has 2 atom stereocenters. The number of aromatic nitrogens is 1. The van der Waals surface area contributed by atoms with Crippen molar-refractivity contribution in [1.29, 1.82) is 0 Å². The third kappa shape index (κ3) is 4.68. The topological polar surface area (TPSA) is 66.4 Å². The Morgan fingerprint density at radius 2 is 1.81 bits per heavy atom. The number of carbonyl (C=O) groups excluding carboxylic acids is 1. The summed E-state index contributed by atoms with van der Waals surface area (Å²) in [4.78, 5) is 28.8. The van der Waals surface area contributed by atoms with Gasteiger partial charge in [-0.05, 0) is 69.8 Å². The highest BCUT2D eigenvalue weighted by atomic mass is 35.5. The van der Waals surface area contributed by atoms with E-state index in [4.69, 9.17) is 0 Å². The van der Waals surface area contributed by atoms with Crippen LogP contribution < -0.4 is 16.2 Å². The van der Waals surface area contributed by atoms with Gasteiger partial charge in [-0.1, -0.05) is 19.3 Å². The second-order valence-corrected chi connectivity index (χ2v) is 9.71. The molecule has 1 amide bonds. The van der Waals surface area contributed by atoms with Gasteiger partial charge in [0.15, 0.2) is 0 Å². The number of nitrogens with one attached hydrogen (secondary N) is 2. The van der Waals surface area contributed by atoms with Crippen LogP contribution in [0.3, 0.4) is 0 Å². The van der Waals surface area contributed by atoms with Gasteiger partial charge in [-0.25, -0.2) is 0 Å². The summed E-state index contributed by atoms with van der Waals surface area (Å²) in [6.45, 7) is 5.60. The van der Waals surface area contributed by atoms with Crippen molar-refractivity contribution in [2.45, 2.75) is 69.4 Å². The lowest BCUT2D eigenvalue weighted by Gasteiger charge is -2.43. The van der Waals surface area contributed by atoms with Crippen molar-refractivity contribution < 1.29 is 4.79 Å². The lowest BCUT2D eigenvalue weighted by molar-refractivity contribution is 0.0641. The SMILES string of the molecule is Cl.Cl.O=C(NCC1(N2CCCCC2)CCCC1)c1ccc2n(c1=O)C[C@@H]1CNC[C@H]2C1. The molecule has 3 aliphatic heterocycles. The fourth-order valence-corrected chi connectivity index (χ4v) is 6.31. The van der Waals surface area contributed by atoms with E-state index in [1.165, 1.54) is 32.1 Å². The molecule has 6 nitrogen and oxygen atoms in total. The lowest BCUT2D eigenvalue weighted by atomic mass is 9.84. The van der Waals surface area contributed by atoms with E-state index in [1.54, 1.807) is 6.07 Å². The molecular weight excluding hydrogens is 435 g/mol. The van der Waals surface area contributed by atoms with Gasteiger partial charge in [-0.3, -0.25) is 14.5 Å². The van der Waals surface area contributed by atoms with Crippen molar-refractivity contribution in [3.63, 3.8) is 0 Å². The van der Waals surface area contributed by atoms with Crippen molar-refractivity contribution in [2.75, 3.05) is 32.7 Å². The Labute approximate surface area is 197 Å². The third-order valence-electron chi connectivity index (χ3n) is 7.89. The lowest BCUT2D eigenvalue weighted by Crippen LogP contribution is -2.56. The van der Waals surface area contributed by atoms with E-state index < -0.39 is 0 Å². The fraction of sp³-hybridized carbons (Fsp3) is 0.739. The summed E-state index contributed by atoms with van der Waals surface area (Å²) in [7, 11) is 0. The molecule has 0 spiro atoms. The standard InChI is InChI=1S/C23H34N4O2.2ClH/c28-21(25-16-23(8-2-3-9-23)26-10-4-1-5-11-26)19-6-7-20-18-12-17(13-24-14-18)15-27(20)22(19)29;;/h6-7,17-18,24H,1-5,8-16H2,(H,25,28);2*1H/t17-,18+;;/m0../s1. The van der Waals surface area contributed by atoms with Gasteiger partial charge >= 0.3 is 0 Å². The van der Waals surface area contributed by atoms with Gasteiger partial charge in [0.1, 0.15) is 5.56 Å². The van der Waals surface area contributed by atoms with E-state index in [2.05, 4.69) is 15.5 Å². The highest BCUT2D eigenvalue weighted by molar-refractivity contribution is 5.93. The summed E-state index contributed by atoms with van der Waals surface area (Å²) in [5, 5.41) is 6.64. The molecule has 1 saturated carbocycles. The molecule has 8 heteroatoms. The van der Waals surface area contributed by atoms with Crippen LogP contribution in [0, 0.1) is 5.92 Å². The summed E-state index contributed by atoms with van der Waals surface area (Å²) in [6.07, 6.45) is 9.80. The number of rotatable bonds is 4. The van der Waals surface area contributed by atoms with Gasteiger partial charge in [0.2, 0.25) is 0 Å². The Morgan fingerprint density at radius 3 is 2.55 bits per heavy atom. The molecule has 2 bridgehead atoms. The average molecular weight is 471 g/mol. The van der Waals surface area contributed by atoms with Crippen LogP contribution in [0.15, 0.2) is 16.9 Å². The monoisotopic (exact) mass is 470 g/mol. The highest BCUT2D eigenvalue weighted by Crippen LogP contribution is 2.36. The van der Waals surface area contributed by atoms with Crippen LogP contribution in [-0.4, -0.2) is 53.6 Å². The van der Waals surface area contributed by atoms with Crippen molar-refractivity contribution in [1.82, 2.24) is 20.1 Å². The number of hydrogen-bond donors (Lipinski definition) is 2. The molecule has 0 aromatic carbocycles. The Bertz CT molecular complexity index is 831. The number of nitrogens with zero attached hydrogens (tertiary/aromatic N) is 2. The molecule has 3 fully saturated rings. The minimum atomic E-state index is -0.192. The number of halogens is 2. The first-order chi connectivity index (χ1) is 14.2. The molecule has 0 unspecified atom stereocenters. The second kappa shape index (κ2) is 10.2. The molecule has 4 heterocycles. The van der Waals surface area contributed by atoms with Gasteiger partial charge < -0.3 is 15.2 Å². The maximum Gasteiger partial charge on any atom is 0.263 e. The molecule has 2 N–H and O–H groups in total. The van der Waals surface area contributed by atoms with Gasteiger partial charge in [0, 0.05) is 36.8 Å². The van der Waals surface area contributed by atoms with E-state index in [0.717, 1.165) is 57.7 Å². The van der Waals surface area contributed by atoms with Crippen LogP contribution in [0.4, 0.5) is 0 Å². The van der Waals surface area contributed by atoms with Crippen LogP contribution >= 0.6 is 24.8 Å². The molecule has 174 valence electrons. The summed E-state index contributed by atoms with van der Waals surface area (Å²) in [6, 6.07) is 3.78. The smallest absolute Gasteiger partial charge is 0.263 e. The first kappa shape index (κ1) is 24.6. The molecule has 5 rings (SSSR count). The van der Waals surface area contributed by atoms with Crippen LogP contribution in [0.25, 0.3) is 0 Å². The van der Waals surface area contributed by atoms with E-state index in [1.807, 2.05) is 10.6 Å². The van der Waals surface area contributed by atoms with Crippen LogP contribution in [0.2, 0.25) is 0 Å². The predicted molar refractivity (Wildman–Crippen MR) is 128 cm³/mol. The van der Waals surface area contributed by atoms with Crippen molar-refractivity contribution >= 4 is 30.7 Å². The maximum absolute atomic E-state index is 13.1.